The van der Waals surface area contributed by atoms with Crippen molar-refractivity contribution in [2.75, 3.05) is 14.2 Å². The largest absolute Gasteiger partial charge is 0.353 e. The quantitative estimate of drug-likeness (QED) is 0.322. The van der Waals surface area contributed by atoms with Crippen LogP contribution >= 0.6 is 0 Å². The predicted molar refractivity (Wildman–Crippen MR) is 137 cm³/mol. The second-order valence-electron chi connectivity index (χ2n) is 10.2. The van der Waals surface area contributed by atoms with Crippen molar-refractivity contribution in [1.82, 2.24) is 0 Å². The van der Waals surface area contributed by atoms with E-state index < -0.39 is 0 Å². The van der Waals surface area contributed by atoms with Gasteiger partial charge in [0, 0.05) is 27.1 Å². The number of rotatable bonds is 4. The number of hydrogen-bond donors (Lipinski definition) is 0. The average molecular weight is 437 g/mol. The van der Waals surface area contributed by atoms with Crippen molar-refractivity contribution in [2.24, 2.45) is 5.92 Å². The van der Waals surface area contributed by atoms with Crippen molar-refractivity contribution in [3.63, 3.8) is 0 Å². The van der Waals surface area contributed by atoms with Gasteiger partial charge in [-0.2, -0.15) is 0 Å². The molecule has 31 heavy (non-hydrogen) atoms. The Morgan fingerprint density at radius 1 is 0.581 bits per heavy atom. The first-order valence-corrected chi connectivity index (χ1v) is 14.0. The van der Waals surface area contributed by atoms with Crippen molar-refractivity contribution in [3.8, 4) is 0 Å². The molecule has 184 valence electrons. The Hall–Kier alpha value is -0.340. The maximum atomic E-state index is 5.61. The second-order valence-corrected chi connectivity index (χ2v) is 10.2. The third-order valence-electron chi connectivity index (χ3n) is 7.58. The monoisotopic (exact) mass is 436 g/mol. The van der Waals surface area contributed by atoms with Crippen molar-refractivity contribution < 1.29 is 9.47 Å². The van der Waals surface area contributed by atoms with Crippen LogP contribution in [0.4, 0.5) is 0 Å². The Morgan fingerprint density at radius 3 is 1.23 bits per heavy atom. The van der Waals surface area contributed by atoms with Gasteiger partial charge in [0.1, 0.15) is 0 Å². The van der Waals surface area contributed by atoms with E-state index in [2.05, 4.69) is 12.7 Å². The van der Waals surface area contributed by atoms with Crippen LogP contribution in [-0.4, -0.2) is 20.0 Å². The molecule has 0 atom stereocenters. The topological polar surface area (TPSA) is 18.5 Å². The molecular formula is C29H56O2. The molecule has 0 radical (unpaired) electrons. The molecule has 2 aliphatic carbocycles. The van der Waals surface area contributed by atoms with E-state index >= 15 is 0 Å². The summed E-state index contributed by atoms with van der Waals surface area (Å²) < 4.78 is 11.2. The Morgan fingerprint density at radius 2 is 0.903 bits per heavy atom. The van der Waals surface area contributed by atoms with Crippen LogP contribution in [0.15, 0.2) is 12.7 Å². The highest BCUT2D eigenvalue weighted by atomic mass is 16.7. The SMILES string of the molecule is C=CCC1CCCCCCCCCCC1.COC1(OC)CCCCCCCCCCC1. The Kier molecular flexibility index (Phi) is 18.8. The molecule has 2 aliphatic rings. The molecule has 0 aromatic rings. The molecule has 0 spiro atoms. The van der Waals surface area contributed by atoms with Crippen LogP contribution in [0.3, 0.4) is 0 Å². The zero-order valence-electron chi connectivity index (χ0n) is 21.4. The molecule has 2 saturated carbocycles. The fraction of sp³-hybridized carbons (Fsp3) is 0.931. The minimum atomic E-state index is -0.292. The van der Waals surface area contributed by atoms with Gasteiger partial charge in [-0.3, -0.25) is 0 Å². The molecule has 2 rings (SSSR count). The molecule has 0 unspecified atom stereocenters. The van der Waals surface area contributed by atoms with Gasteiger partial charge in [-0.05, 0) is 25.2 Å². The molecule has 0 saturated heterocycles. The molecule has 0 bridgehead atoms. The number of ether oxygens (including phenoxy) is 2. The first-order valence-electron chi connectivity index (χ1n) is 14.0. The first-order chi connectivity index (χ1) is 15.3. The van der Waals surface area contributed by atoms with Gasteiger partial charge in [0.05, 0.1) is 0 Å². The lowest BCUT2D eigenvalue weighted by Crippen LogP contribution is -2.33. The summed E-state index contributed by atoms with van der Waals surface area (Å²) in [5.74, 6) is 0.654. The van der Waals surface area contributed by atoms with E-state index in [1.165, 1.54) is 135 Å². The van der Waals surface area contributed by atoms with Crippen molar-refractivity contribution in [2.45, 2.75) is 153 Å². The van der Waals surface area contributed by atoms with Crippen LogP contribution in [0.25, 0.3) is 0 Å². The van der Waals surface area contributed by atoms with E-state index in [0.717, 1.165) is 18.8 Å². The maximum absolute atomic E-state index is 5.61. The van der Waals surface area contributed by atoms with E-state index in [1.807, 2.05) is 0 Å². The molecule has 0 aromatic heterocycles. The maximum Gasteiger partial charge on any atom is 0.167 e. The van der Waals surface area contributed by atoms with Gasteiger partial charge in [-0.1, -0.05) is 122 Å². The zero-order valence-corrected chi connectivity index (χ0v) is 21.4. The summed E-state index contributed by atoms with van der Waals surface area (Å²) in [6.07, 6.45) is 33.8. The number of methoxy groups -OCH3 is 2. The third kappa shape index (κ3) is 15.2. The minimum absolute atomic E-state index is 0.292. The van der Waals surface area contributed by atoms with Crippen molar-refractivity contribution in [3.05, 3.63) is 12.7 Å². The lowest BCUT2D eigenvalue weighted by Gasteiger charge is -2.31. The van der Waals surface area contributed by atoms with Crippen molar-refractivity contribution in [1.29, 1.82) is 0 Å². The lowest BCUT2D eigenvalue weighted by atomic mass is 9.91. The smallest absolute Gasteiger partial charge is 0.167 e. The highest BCUT2D eigenvalue weighted by Crippen LogP contribution is 2.28. The Bertz CT molecular complexity index is 362. The molecule has 0 amide bonds. The molecular weight excluding hydrogens is 380 g/mol. The summed E-state index contributed by atoms with van der Waals surface area (Å²) in [6, 6.07) is 0. The van der Waals surface area contributed by atoms with Crippen LogP contribution in [0.1, 0.15) is 148 Å². The van der Waals surface area contributed by atoms with Gasteiger partial charge in [-0.25, -0.2) is 0 Å². The van der Waals surface area contributed by atoms with Crippen LogP contribution in [0.2, 0.25) is 0 Å². The Balaban J connectivity index is 0.000000311. The van der Waals surface area contributed by atoms with Crippen LogP contribution in [0.5, 0.6) is 0 Å². The Labute approximate surface area is 195 Å². The highest BCUT2D eigenvalue weighted by molar-refractivity contribution is 4.73. The predicted octanol–water partition coefficient (Wildman–Crippen LogP) is 9.76. The first kappa shape index (κ1) is 28.7. The minimum Gasteiger partial charge on any atom is -0.353 e. The van der Waals surface area contributed by atoms with Crippen LogP contribution in [-0.2, 0) is 9.47 Å². The van der Waals surface area contributed by atoms with Gasteiger partial charge < -0.3 is 9.47 Å². The molecule has 0 N–H and O–H groups in total. The molecule has 0 aromatic carbocycles. The summed E-state index contributed by atoms with van der Waals surface area (Å²) >= 11 is 0. The third-order valence-corrected chi connectivity index (χ3v) is 7.58. The van der Waals surface area contributed by atoms with E-state index in [9.17, 15) is 0 Å². The van der Waals surface area contributed by atoms with Gasteiger partial charge in [0.2, 0.25) is 0 Å². The zero-order chi connectivity index (χ0) is 22.5. The summed E-state index contributed by atoms with van der Waals surface area (Å²) in [7, 11) is 3.57. The fourth-order valence-corrected chi connectivity index (χ4v) is 5.36. The van der Waals surface area contributed by atoms with Gasteiger partial charge in [-0.15, -0.1) is 6.58 Å². The van der Waals surface area contributed by atoms with E-state index in [0.29, 0.717) is 0 Å². The van der Waals surface area contributed by atoms with E-state index in [-0.39, 0.29) is 5.79 Å². The normalized spacial score (nSPS) is 23.5. The molecule has 0 aliphatic heterocycles. The fourth-order valence-electron chi connectivity index (χ4n) is 5.36. The van der Waals surface area contributed by atoms with Gasteiger partial charge in [0.15, 0.2) is 5.79 Å². The lowest BCUT2D eigenvalue weighted by molar-refractivity contribution is -0.216. The van der Waals surface area contributed by atoms with E-state index in [4.69, 9.17) is 9.47 Å². The molecule has 2 fully saturated rings. The number of hydrogen-bond acceptors (Lipinski definition) is 2. The molecule has 2 heteroatoms. The highest BCUT2D eigenvalue weighted by Gasteiger charge is 2.28. The summed E-state index contributed by atoms with van der Waals surface area (Å²) in [4.78, 5) is 0. The second kappa shape index (κ2) is 20.3. The molecule has 0 heterocycles. The summed E-state index contributed by atoms with van der Waals surface area (Å²) in [6.45, 7) is 3.88. The standard InChI is InChI=1S/C15H28.C14H28O2/c1-2-12-15-13-10-8-6-4-3-5-7-9-11-14-15;1-15-14(16-2)12-10-8-6-4-3-5-7-9-11-13-14/h2,15H,1,3-14H2;3-13H2,1-2H3. The van der Waals surface area contributed by atoms with Crippen LogP contribution < -0.4 is 0 Å². The number of allylic oxidation sites excluding steroid dienone is 1. The summed E-state index contributed by atoms with van der Waals surface area (Å²) in [5, 5.41) is 0. The molecule has 2 nitrogen and oxygen atoms in total. The average Bonchev–Trinajstić information content (AvgIpc) is 2.77. The van der Waals surface area contributed by atoms with Gasteiger partial charge in [0.25, 0.3) is 0 Å². The van der Waals surface area contributed by atoms with Crippen molar-refractivity contribution >= 4 is 0 Å². The van der Waals surface area contributed by atoms with Crippen LogP contribution in [0, 0.1) is 5.92 Å². The van der Waals surface area contributed by atoms with E-state index in [1.54, 1.807) is 14.2 Å². The summed E-state index contributed by atoms with van der Waals surface area (Å²) in [5.41, 5.74) is 0. The van der Waals surface area contributed by atoms with Gasteiger partial charge >= 0.3 is 0 Å².